The molecule has 1 saturated carbocycles. The Hall–Kier alpha value is -2.14. The van der Waals surface area contributed by atoms with Crippen LogP contribution in [0.1, 0.15) is 29.7 Å². The van der Waals surface area contributed by atoms with Crippen molar-refractivity contribution in [1.29, 1.82) is 0 Å². The first kappa shape index (κ1) is 17.3. The van der Waals surface area contributed by atoms with Gasteiger partial charge in [0.2, 0.25) is 11.8 Å². The highest BCUT2D eigenvalue weighted by molar-refractivity contribution is 7.09. The first-order valence-corrected chi connectivity index (χ1v) is 10.2. The molecule has 2 heterocycles. The summed E-state index contributed by atoms with van der Waals surface area (Å²) in [5.41, 5.74) is 1.24. The van der Waals surface area contributed by atoms with Crippen molar-refractivity contribution >= 4 is 23.2 Å². The Balaban J connectivity index is 1.24. The first-order valence-electron chi connectivity index (χ1n) is 9.28. The molecule has 0 unspecified atom stereocenters. The van der Waals surface area contributed by atoms with Gasteiger partial charge in [-0.1, -0.05) is 36.4 Å². The van der Waals surface area contributed by atoms with Crippen LogP contribution in [0, 0.1) is 11.3 Å². The lowest BCUT2D eigenvalue weighted by Crippen LogP contribution is -2.31. The number of aryl methyl sites for hydroxylation is 1. The van der Waals surface area contributed by atoms with Gasteiger partial charge < -0.3 is 10.2 Å². The number of nitrogens with one attached hydrogen (secondary N) is 1. The van der Waals surface area contributed by atoms with E-state index in [-0.39, 0.29) is 23.1 Å². The smallest absolute Gasteiger partial charge is 0.224 e. The van der Waals surface area contributed by atoms with Crippen molar-refractivity contribution < 1.29 is 9.59 Å². The lowest BCUT2D eigenvalue weighted by molar-refractivity contribution is -0.130. The van der Waals surface area contributed by atoms with Crippen molar-refractivity contribution in [2.45, 2.75) is 32.2 Å². The summed E-state index contributed by atoms with van der Waals surface area (Å²) >= 11 is 1.66. The number of thiophene rings is 1. The zero-order valence-electron chi connectivity index (χ0n) is 14.8. The van der Waals surface area contributed by atoms with Crippen LogP contribution in [-0.4, -0.2) is 29.8 Å². The predicted molar refractivity (Wildman–Crippen MR) is 103 cm³/mol. The maximum atomic E-state index is 12.5. The van der Waals surface area contributed by atoms with Crippen LogP contribution in [0.15, 0.2) is 47.8 Å². The summed E-state index contributed by atoms with van der Waals surface area (Å²) in [6, 6.07) is 14.2. The number of carbonyl (C=O) groups is 2. The normalized spacial score (nSPS) is 24.0. The second kappa shape index (κ2) is 7.23. The monoisotopic (exact) mass is 368 g/mol. The van der Waals surface area contributed by atoms with Crippen molar-refractivity contribution in [2.75, 3.05) is 13.1 Å². The van der Waals surface area contributed by atoms with Gasteiger partial charge in [0, 0.05) is 35.7 Å². The second-order valence-corrected chi connectivity index (χ2v) is 8.50. The number of nitrogens with zero attached hydrogens (tertiary/aromatic N) is 1. The summed E-state index contributed by atoms with van der Waals surface area (Å²) < 4.78 is 0. The first-order chi connectivity index (χ1) is 12.7. The van der Waals surface area contributed by atoms with Gasteiger partial charge in [-0.15, -0.1) is 11.3 Å². The SMILES string of the molecule is O=C(NCc1cccs1)[C@@H]1C[C@]12CCN(C(=O)CCc1ccccc1)C2. The highest BCUT2D eigenvalue weighted by Gasteiger charge is 2.61. The molecule has 4 rings (SSSR count). The highest BCUT2D eigenvalue weighted by Crippen LogP contribution is 2.58. The summed E-state index contributed by atoms with van der Waals surface area (Å²) in [5, 5.41) is 5.08. The van der Waals surface area contributed by atoms with Crippen LogP contribution in [0.25, 0.3) is 0 Å². The van der Waals surface area contributed by atoms with E-state index < -0.39 is 0 Å². The molecule has 1 N–H and O–H groups in total. The molecule has 1 aromatic carbocycles. The lowest BCUT2D eigenvalue weighted by Gasteiger charge is -2.17. The largest absolute Gasteiger partial charge is 0.351 e. The van der Waals surface area contributed by atoms with Gasteiger partial charge in [0.1, 0.15) is 0 Å². The molecule has 2 aromatic rings. The molecule has 2 aliphatic rings. The zero-order chi connectivity index (χ0) is 18.0. The Kier molecular flexibility index (Phi) is 4.81. The van der Waals surface area contributed by atoms with Crippen LogP contribution in [-0.2, 0) is 22.6 Å². The molecule has 1 spiro atoms. The van der Waals surface area contributed by atoms with E-state index in [9.17, 15) is 9.59 Å². The van der Waals surface area contributed by atoms with E-state index in [0.29, 0.717) is 13.0 Å². The molecule has 1 saturated heterocycles. The molecule has 2 fully saturated rings. The van der Waals surface area contributed by atoms with Crippen LogP contribution in [0.5, 0.6) is 0 Å². The number of benzene rings is 1. The van der Waals surface area contributed by atoms with E-state index in [1.165, 1.54) is 10.4 Å². The lowest BCUT2D eigenvalue weighted by atomic mass is 10.0. The van der Waals surface area contributed by atoms with E-state index in [4.69, 9.17) is 0 Å². The van der Waals surface area contributed by atoms with Gasteiger partial charge in [-0.2, -0.15) is 0 Å². The van der Waals surface area contributed by atoms with Gasteiger partial charge in [-0.3, -0.25) is 9.59 Å². The molecule has 5 heteroatoms. The molecule has 2 atom stereocenters. The number of amides is 2. The summed E-state index contributed by atoms with van der Waals surface area (Å²) in [5.74, 6) is 0.446. The quantitative estimate of drug-likeness (QED) is 0.851. The van der Waals surface area contributed by atoms with Gasteiger partial charge in [-0.05, 0) is 36.3 Å². The topological polar surface area (TPSA) is 49.4 Å². The summed E-state index contributed by atoms with van der Waals surface area (Å²) in [7, 11) is 0. The minimum absolute atomic E-state index is 0.0436. The molecule has 0 radical (unpaired) electrons. The third-order valence-electron chi connectivity index (χ3n) is 5.73. The number of rotatable bonds is 6. The van der Waals surface area contributed by atoms with Crippen LogP contribution < -0.4 is 5.32 Å². The average molecular weight is 369 g/mol. The molecule has 1 aliphatic heterocycles. The van der Waals surface area contributed by atoms with Gasteiger partial charge in [-0.25, -0.2) is 0 Å². The maximum absolute atomic E-state index is 12.5. The summed E-state index contributed by atoms with van der Waals surface area (Å²) in [6.45, 7) is 2.16. The van der Waals surface area contributed by atoms with Crippen LogP contribution in [0.2, 0.25) is 0 Å². The van der Waals surface area contributed by atoms with E-state index in [2.05, 4.69) is 17.4 Å². The average Bonchev–Trinajstić information content (AvgIpc) is 3.02. The second-order valence-electron chi connectivity index (χ2n) is 7.47. The molecule has 4 nitrogen and oxygen atoms in total. The van der Waals surface area contributed by atoms with Crippen molar-refractivity contribution in [2.24, 2.45) is 11.3 Å². The molecule has 0 bridgehead atoms. The zero-order valence-corrected chi connectivity index (χ0v) is 15.6. The van der Waals surface area contributed by atoms with E-state index in [0.717, 1.165) is 32.4 Å². The molecule has 2 amide bonds. The molecular weight excluding hydrogens is 344 g/mol. The third-order valence-corrected chi connectivity index (χ3v) is 6.61. The van der Waals surface area contributed by atoms with Gasteiger partial charge >= 0.3 is 0 Å². The van der Waals surface area contributed by atoms with Gasteiger partial charge in [0.05, 0.1) is 6.54 Å². The fraction of sp³-hybridized carbons (Fsp3) is 0.429. The standard InChI is InChI=1S/C21H24N2O2S/c24-19(9-8-16-5-2-1-3-6-16)23-11-10-21(15-23)13-18(21)20(25)22-14-17-7-4-12-26-17/h1-7,12,18H,8-11,13-15H2,(H,22,25)/t18-,21-/m0/s1. The van der Waals surface area contributed by atoms with Gasteiger partial charge in [0.15, 0.2) is 0 Å². The number of likely N-dealkylation sites (tertiary alicyclic amines) is 1. The van der Waals surface area contributed by atoms with Crippen LogP contribution in [0.3, 0.4) is 0 Å². The number of hydrogen-bond acceptors (Lipinski definition) is 3. The van der Waals surface area contributed by atoms with Crippen molar-refractivity contribution in [3.8, 4) is 0 Å². The van der Waals surface area contributed by atoms with Crippen LogP contribution >= 0.6 is 11.3 Å². The molecule has 1 aliphatic carbocycles. The molecular formula is C21H24N2O2S. The minimum Gasteiger partial charge on any atom is -0.351 e. The molecule has 1 aromatic heterocycles. The van der Waals surface area contributed by atoms with E-state index >= 15 is 0 Å². The van der Waals surface area contributed by atoms with Gasteiger partial charge in [0.25, 0.3) is 0 Å². The Morgan fingerprint density at radius 2 is 2.04 bits per heavy atom. The van der Waals surface area contributed by atoms with Crippen molar-refractivity contribution in [1.82, 2.24) is 10.2 Å². The fourth-order valence-corrected chi connectivity index (χ4v) is 4.69. The molecule has 26 heavy (non-hydrogen) atoms. The Morgan fingerprint density at radius 3 is 2.81 bits per heavy atom. The minimum atomic E-state index is 0.0436. The van der Waals surface area contributed by atoms with E-state index in [1.54, 1.807) is 11.3 Å². The predicted octanol–water partition coefficient (Wildman–Crippen LogP) is 3.24. The Labute approximate surface area is 158 Å². The van der Waals surface area contributed by atoms with Crippen molar-refractivity contribution in [3.63, 3.8) is 0 Å². The fourth-order valence-electron chi connectivity index (χ4n) is 4.04. The molecule has 136 valence electrons. The maximum Gasteiger partial charge on any atom is 0.224 e. The Morgan fingerprint density at radius 1 is 1.19 bits per heavy atom. The number of carbonyl (C=O) groups excluding carboxylic acids is 2. The highest BCUT2D eigenvalue weighted by atomic mass is 32.1. The van der Waals surface area contributed by atoms with E-state index in [1.807, 2.05) is 40.6 Å². The van der Waals surface area contributed by atoms with Crippen molar-refractivity contribution in [3.05, 3.63) is 58.3 Å². The number of hydrogen-bond donors (Lipinski definition) is 1. The Bertz CT molecular complexity index is 775. The van der Waals surface area contributed by atoms with Crippen LogP contribution in [0.4, 0.5) is 0 Å². The third kappa shape index (κ3) is 3.68. The summed E-state index contributed by atoms with van der Waals surface area (Å²) in [4.78, 5) is 28.1. The summed E-state index contributed by atoms with van der Waals surface area (Å²) in [6.07, 6.45) is 3.22.